The number of nitrogens with two attached hydrogens (primary N) is 1. The minimum atomic E-state index is 0.176. The molecule has 0 heterocycles. The van der Waals surface area contributed by atoms with E-state index in [1.165, 1.54) is 89.9 Å². The zero-order chi connectivity index (χ0) is 23.7. The molecule has 0 aromatic heterocycles. The lowest BCUT2D eigenvalue weighted by molar-refractivity contribution is 0.147. The average Bonchev–Trinajstić information content (AvgIpc) is 2.73. The van der Waals surface area contributed by atoms with Crippen molar-refractivity contribution in [3.63, 3.8) is 0 Å². The highest BCUT2D eigenvalue weighted by molar-refractivity contribution is 4.88. The second kappa shape index (κ2) is 26.9. The summed E-state index contributed by atoms with van der Waals surface area (Å²) >= 11 is 0. The van der Waals surface area contributed by atoms with Crippen molar-refractivity contribution < 1.29 is 0 Å². The molecule has 3 nitrogen and oxygen atoms in total. The molecular formula is C27H63N3. The fourth-order valence-electron chi connectivity index (χ4n) is 3.00. The van der Waals surface area contributed by atoms with E-state index >= 15 is 0 Å². The lowest BCUT2D eigenvalue weighted by Crippen LogP contribution is -2.54. The first-order valence-corrected chi connectivity index (χ1v) is 13.4. The van der Waals surface area contributed by atoms with Crippen LogP contribution >= 0.6 is 0 Å². The van der Waals surface area contributed by atoms with E-state index in [2.05, 4.69) is 72.8 Å². The van der Waals surface area contributed by atoms with Gasteiger partial charge in [0.25, 0.3) is 0 Å². The maximum atomic E-state index is 5.42. The zero-order valence-corrected chi connectivity index (χ0v) is 22.9. The van der Waals surface area contributed by atoms with E-state index < -0.39 is 0 Å². The van der Waals surface area contributed by atoms with Gasteiger partial charge >= 0.3 is 0 Å². The summed E-state index contributed by atoms with van der Waals surface area (Å²) in [6.45, 7) is 17.3. The molecule has 0 aliphatic rings. The van der Waals surface area contributed by atoms with E-state index in [9.17, 15) is 0 Å². The molecule has 0 fully saturated rings. The first-order chi connectivity index (χ1) is 14.3. The third-order valence-corrected chi connectivity index (χ3v) is 6.22. The molecule has 1 atom stereocenters. The standard InChI is InChI=1S/C10H22.C9H23N3.C8H18/c1-3-5-7-9-10-8-6-4-2;1-8(11-7-6-10)9(2,3)12(4)5;1-3-5-7-8-6-4-2/h3-10H2,1-2H3;8,11H,6-7,10H2,1-5H3;3-8H2,1-2H3. The molecule has 0 aromatic rings. The summed E-state index contributed by atoms with van der Waals surface area (Å²) in [5.74, 6) is 0. The Bertz CT molecular complexity index is 276. The molecule has 0 amide bonds. The van der Waals surface area contributed by atoms with E-state index in [0.717, 1.165) is 6.54 Å². The summed E-state index contributed by atoms with van der Waals surface area (Å²) in [6.07, 6.45) is 19.9. The van der Waals surface area contributed by atoms with Gasteiger partial charge in [-0.1, -0.05) is 118 Å². The van der Waals surface area contributed by atoms with Gasteiger partial charge in [-0.2, -0.15) is 0 Å². The molecule has 0 aliphatic heterocycles. The van der Waals surface area contributed by atoms with Gasteiger partial charge in [-0.15, -0.1) is 0 Å². The van der Waals surface area contributed by atoms with Gasteiger partial charge in [0.05, 0.1) is 0 Å². The minimum absolute atomic E-state index is 0.176. The Hall–Kier alpha value is -0.120. The van der Waals surface area contributed by atoms with Crippen molar-refractivity contribution in [2.45, 2.75) is 150 Å². The van der Waals surface area contributed by atoms with Crippen molar-refractivity contribution >= 4 is 0 Å². The molecule has 30 heavy (non-hydrogen) atoms. The number of nitrogens with zero attached hydrogens (tertiary/aromatic N) is 1. The second-order valence-corrected chi connectivity index (χ2v) is 9.55. The Balaban J connectivity index is -0.000000372. The van der Waals surface area contributed by atoms with Gasteiger partial charge in [0.2, 0.25) is 0 Å². The molecule has 0 radical (unpaired) electrons. The van der Waals surface area contributed by atoms with Gasteiger partial charge in [0.1, 0.15) is 0 Å². The molecule has 0 spiro atoms. The molecule has 186 valence electrons. The molecule has 1 unspecified atom stereocenters. The van der Waals surface area contributed by atoms with Crippen molar-refractivity contribution in [1.82, 2.24) is 10.2 Å². The highest BCUT2D eigenvalue weighted by Gasteiger charge is 2.27. The fourth-order valence-corrected chi connectivity index (χ4v) is 3.00. The predicted octanol–water partition coefficient (Wildman–Crippen LogP) is 7.78. The van der Waals surface area contributed by atoms with Crippen LogP contribution in [0.2, 0.25) is 0 Å². The summed E-state index contributed by atoms with van der Waals surface area (Å²) in [5, 5.41) is 3.39. The summed E-state index contributed by atoms with van der Waals surface area (Å²) < 4.78 is 0. The Morgan fingerprint density at radius 1 is 0.667 bits per heavy atom. The van der Waals surface area contributed by atoms with Gasteiger partial charge in [-0.05, 0) is 34.9 Å². The molecular weight excluding hydrogens is 366 g/mol. The van der Waals surface area contributed by atoms with Crippen LogP contribution in [0, 0.1) is 0 Å². The number of unbranched alkanes of at least 4 members (excludes halogenated alkanes) is 12. The monoisotopic (exact) mass is 430 g/mol. The summed E-state index contributed by atoms with van der Waals surface area (Å²) in [4.78, 5) is 2.22. The normalized spacial score (nSPS) is 12.1. The SMILES string of the molecule is CC(NCCN)C(C)(C)N(C)C.CCCCCCCC.CCCCCCCCCC. The second-order valence-electron chi connectivity index (χ2n) is 9.55. The summed E-state index contributed by atoms with van der Waals surface area (Å²) in [6, 6.07) is 0.455. The van der Waals surface area contributed by atoms with Gasteiger partial charge in [-0.25, -0.2) is 0 Å². The van der Waals surface area contributed by atoms with E-state index in [1.54, 1.807) is 0 Å². The molecule has 0 saturated heterocycles. The van der Waals surface area contributed by atoms with Crippen LogP contribution in [-0.2, 0) is 0 Å². The Kier molecular flexibility index (Phi) is 30.9. The van der Waals surface area contributed by atoms with Crippen LogP contribution in [0.3, 0.4) is 0 Å². The first-order valence-electron chi connectivity index (χ1n) is 13.4. The maximum Gasteiger partial charge on any atom is 0.0297 e. The van der Waals surface area contributed by atoms with E-state index in [-0.39, 0.29) is 5.54 Å². The molecule has 0 saturated carbocycles. The Morgan fingerprint density at radius 2 is 0.967 bits per heavy atom. The Labute approximate surface area is 193 Å². The number of nitrogens with one attached hydrogen (secondary N) is 1. The highest BCUT2D eigenvalue weighted by Crippen LogP contribution is 2.14. The van der Waals surface area contributed by atoms with Gasteiger partial charge in [0.15, 0.2) is 0 Å². The van der Waals surface area contributed by atoms with Gasteiger partial charge in [-0.3, -0.25) is 0 Å². The molecule has 0 bridgehead atoms. The largest absolute Gasteiger partial charge is 0.329 e. The molecule has 0 aromatic carbocycles. The fraction of sp³-hybridized carbons (Fsp3) is 1.00. The van der Waals surface area contributed by atoms with Crippen molar-refractivity contribution in [2.24, 2.45) is 5.73 Å². The molecule has 0 rings (SSSR count). The lowest BCUT2D eigenvalue weighted by atomic mass is 9.95. The average molecular weight is 430 g/mol. The van der Waals surface area contributed by atoms with Crippen LogP contribution in [0.4, 0.5) is 0 Å². The lowest BCUT2D eigenvalue weighted by Gasteiger charge is -2.38. The number of hydrogen-bond donors (Lipinski definition) is 2. The van der Waals surface area contributed by atoms with Crippen LogP contribution < -0.4 is 11.1 Å². The first kappa shape index (κ1) is 34.5. The van der Waals surface area contributed by atoms with E-state index in [1.807, 2.05) is 0 Å². The summed E-state index contributed by atoms with van der Waals surface area (Å²) in [7, 11) is 4.20. The predicted molar refractivity (Wildman–Crippen MR) is 142 cm³/mol. The third-order valence-electron chi connectivity index (χ3n) is 6.22. The molecule has 0 aliphatic carbocycles. The van der Waals surface area contributed by atoms with E-state index in [0.29, 0.717) is 12.6 Å². The van der Waals surface area contributed by atoms with Crippen molar-refractivity contribution in [3.8, 4) is 0 Å². The van der Waals surface area contributed by atoms with Gasteiger partial charge in [0, 0.05) is 24.7 Å². The maximum absolute atomic E-state index is 5.42. The summed E-state index contributed by atoms with van der Waals surface area (Å²) in [5.41, 5.74) is 5.60. The Morgan fingerprint density at radius 3 is 1.20 bits per heavy atom. The van der Waals surface area contributed by atoms with Crippen molar-refractivity contribution in [1.29, 1.82) is 0 Å². The minimum Gasteiger partial charge on any atom is -0.329 e. The third kappa shape index (κ3) is 25.9. The van der Waals surface area contributed by atoms with Crippen LogP contribution in [0.5, 0.6) is 0 Å². The number of rotatable bonds is 17. The highest BCUT2D eigenvalue weighted by atomic mass is 15.2. The zero-order valence-electron chi connectivity index (χ0n) is 22.9. The topological polar surface area (TPSA) is 41.3 Å². The molecule has 3 heteroatoms. The van der Waals surface area contributed by atoms with Crippen LogP contribution in [0.25, 0.3) is 0 Å². The van der Waals surface area contributed by atoms with Crippen LogP contribution in [0.1, 0.15) is 138 Å². The van der Waals surface area contributed by atoms with Crippen LogP contribution in [-0.4, -0.2) is 43.7 Å². The van der Waals surface area contributed by atoms with Gasteiger partial charge < -0.3 is 16.0 Å². The number of hydrogen-bond acceptors (Lipinski definition) is 3. The van der Waals surface area contributed by atoms with E-state index in [4.69, 9.17) is 5.73 Å². The van der Waals surface area contributed by atoms with Crippen molar-refractivity contribution in [3.05, 3.63) is 0 Å². The smallest absolute Gasteiger partial charge is 0.0297 e. The number of likely N-dealkylation sites (N-methyl/N-ethyl adjacent to an activating group) is 1. The molecule has 3 N–H and O–H groups in total. The van der Waals surface area contributed by atoms with Crippen molar-refractivity contribution in [2.75, 3.05) is 27.2 Å². The quantitative estimate of drug-likeness (QED) is 0.232. The van der Waals surface area contributed by atoms with Crippen LogP contribution in [0.15, 0.2) is 0 Å².